The maximum atomic E-state index is 12.5. The Morgan fingerprint density at radius 1 is 1.46 bits per heavy atom. The number of halogens is 1. The van der Waals surface area contributed by atoms with Gasteiger partial charge in [-0.1, -0.05) is 11.6 Å². The summed E-state index contributed by atoms with van der Waals surface area (Å²) in [5.41, 5.74) is 1.12. The predicted octanol–water partition coefficient (Wildman–Crippen LogP) is 1.62. The van der Waals surface area contributed by atoms with Crippen molar-refractivity contribution in [2.45, 2.75) is 12.5 Å². The molecule has 1 aliphatic heterocycles. The van der Waals surface area contributed by atoms with Crippen LogP contribution in [-0.2, 0) is 11.8 Å². The topological polar surface area (TPSA) is 76.5 Å². The minimum atomic E-state index is -0.556. The molecule has 0 saturated carbocycles. The first-order chi connectivity index (χ1) is 11.5. The van der Waals surface area contributed by atoms with Crippen LogP contribution in [0.3, 0.4) is 0 Å². The van der Waals surface area contributed by atoms with Gasteiger partial charge in [0.05, 0.1) is 24.0 Å². The van der Waals surface area contributed by atoms with Crippen molar-refractivity contribution in [3.63, 3.8) is 0 Å². The SMILES string of the molecule is COc1cc(C(=O)NC2CCN(c3cnn(C)c3)C2=O)ccc1Cl. The monoisotopic (exact) mass is 348 g/mol. The van der Waals surface area contributed by atoms with E-state index >= 15 is 0 Å². The van der Waals surface area contributed by atoms with Gasteiger partial charge in [-0.3, -0.25) is 14.3 Å². The highest BCUT2D eigenvalue weighted by Gasteiger charge is 2.34. The summed E-state index contributed by atoms with van der Waals surface area (Å²) in [7, 11) is 3.27. The van der Waals surface area contributed by atoms with Crippen molar-refractivity contribution < 1.29 is 14.3 Å². The maximum Gasteiger partial charge on any atom is 0.252 e. The number of methoxy groups -OCH3 is 1. The second kappa shape index (κ2) is 6.52. The molecular formula is C16H17ClN4O3. The lowest BCUT2D eigenvalue weighted by atomic mass is 10.1. The van der Waals surface area contributed by atoms with Crippen molar-refractivity contribution in [1.82, 2.24) is 15.1 Å². The summed E-state index contributed by atoms with van der Waals surface area (Å²) < 4.78 is 6.74. The van der Waals surface area contributed by atoms with Crippen molar-refractivity contribution in [3.05, 3.63) is 41.2 Å². The summed E-state index contributed by atoms with van der Waals surface area (Å²) in [6.45, 7) is 0.541. The smallest absolute Gasteiger partial charge is 0.252 e. The highest BCUT2D eigenvalue weighted by molar-refractivity contribution is 6.32. The van der Waals surface area contributed by atoms with Crippen LogP contribution in [0.15, 0.2) is 30.6 Å². The Bertz CT molecular complexity index is 789. The number of hydrogen-bond acceptors (Lipinski definition) is 4. The number of nitrogens with one attached hydrogen (secondary N) is 1. The molecule has 1 aromatic carbocycles. The lowest BCUT2D eigenvalue weighted by Crippen LogP contribution is -2.41. The van der Waals surface area contributed by atoms with E-state index in [9.17, 15) is 9.59 Å². The summed E-state index contributed by atoms with van der Waals surface area (Å²) in [6.07, 6.45) is 3.95. The fourth-order valence-corrected chi connectivity index (χ4v) is 2.86. The zero-order chi connectivity index (χ0) is 17.3. The van der Waals surface area contributed by atoms with Crippen LogP contribution < -0.4 is 15.0 Å². The van der Waals surface area contributed by atoms with Gasteiger partial charge in [-0.05, 0) is 24.6 Å². The second-order valence-electron chi connectivity index (χ2n) is 5.53. The van der Waals surface area contributed by atoms with E-state index in [-0.39, 0.29) is 11.8 Å². The van der Waals surface area contributed by atoms with Crippen LogP contribution in [0.4, 0.5) is 5.69 Å². The van der Waals surface area contributed by atoms with E-state index < -0.39 is 6.04 Å². The first-order valence-electron chi connectivity index (χ1n) is 7.44. The van der Waals surface area contributed by atoms with Crippen molar-refractivity contribution >= 4 is 29.1 Å². The number of rotatable bonds is 4. The van der Waals surface area contributed by atoms with E-state index in [4.69, 9.17) is 16.3 Å². The molecule has 1 fully saturated rings. The summed E-state index contributed by atoms with van der Waals surface area (Å²) in [4.78, 5) is 26.5. The number of nitrogens with zero attached hydrogens (tertiary/aromatic N) is 3. The summed E-state index contributed by atoms with van der Waals surface area (Å²) in [5.74, 6) is -0.0623. The van der Waals surface area contributed by atoms with E-state index in [0.29, 0.717) is 29.3 Å². The predicted molar refractivity (Wildman–Crippen MR) is 89.4 cm³/mol. The number of carbonyl (C=O) groups is 2. The highest BCUT2D eigenvalue weighted by atomic mass is 35.5. The van der Waals surface area contributed by atoms with Crippen molar-refractivity contribution in [1.29, 1.82) is 0 Å². The van der Waals surface area contributed by atoms with Crippen molar-refractivity contribution in [3.8, 4) is 5.75 Å². The third-order valence-electron chi connectivity index (χ3n) is 3.93. The van der Waals surface area contributed by atoms with Gasteiger partial charge in [0.2, 0.25) is 5.91 Å². The fraction of sp³-hybridized carbons (Fsp3) is 0.312. The van der Waals surface area contributed by atoms with Crippen LogP contribution in [0.5, 0.6) is 5.75 Å². The second-order valence-corrected chi connectivity index (χ2v) is 5.93. The molecule has 1 saturated heterocycles. The summed E-state index contributed by atoms with van der Waals surface area (Å²) in [6, 6.07) is 4.18. The Morgan fingerprint density at radius 3 is 2.92 bits per heavy atom. The molecule has 1 aliphatic rings. The molecule has 1 atom stereocenters. The van der Waals surface area contributed by atoms with Crippen LogP contribution >= 0.6 is 11.6 Å². The molecule has 2 aromatic rings. The number of amides is 2. The van der Waals surface area contributed by atoms with Gasteiger partial charge in [0.1, 0.15) is 11.8 Å². The number of benzene rings is 1. The van der Waals surface area contributed by atoms with Gasteiger partial charge < -0.3 is 15.0 Å². The molecule has 0 bridgehead atoms. The molecule has 0 spiro atoms. The Balaban J connectivity index is 1.70. The first kappa shape index (κ1) is 16.3. The van der Waals surface area contributed by atoms with Gasteiger partial charge in [-0.25, -0.2) is 0 Å². The number of anilines is 1. The van der Waals surface area contributed by atoms with Crippen LogP contribution in [-0.4, -0.2) is 41.3 Å². The molecule has 8 heteroatoms. The largest absolute Gasteiger partial charge is 0.495 e. The third kappa shape index (κ3) is 3.07. The van der Waals surface area contributed by atoms with Crippen LogP contribution in [0.1, 0.15) is 16.8 Å². The maximum absolute atomic E-state index is 12.5. The van der Waals surface area contributed by atoms with Gasteiger partial charge in [0.15, 0.2) is 0 Å². The van der Waals surface area contributed by atoms with Crippen molar-refractivity contribution in [2.75, 3.05) is 18.6 Å². The number of aromatic nitrogens is 2. The van der Waals surface area contributed by atoms with Crippen LogP contribution in [0, 0.1) is 0 Å². The third-order valence-corrected chi connectivity index (χ3v) is 4.24. The zero-order valence-corrected chi connectivity index (χ0v) is 14.1. The number of aryl methyl sites for hydroxylation is 1. The molecule has 2 amide bonds. The van der Waals surface area contributed by atoms with E-state index in [0.717, 1.165) is 5.69 Å². The number of hydrogen-bond donors (Lipinski definition) is 1. The van der Waals surface area contributed by atoms with Gasteiger partial charge in [-0.15, -0.1) is 0 Å². The summed E-state index contributed by atoms with van der Waals surface area (Å²) in [5, 5.41) is 7.26. The Morgan fingerprint density at radius 2 is 2.25 bits per heavy atom. The zero-order valence-electron chi connectivity index (χ0n) is 13.3. The molecule has 1 N–H and O–H groups in total. The van der Waals surface area contributed by atoms with Crippen LogP contribution in [0.2, 0.25) is 5.02 Å². The molecular weight excluding hydrogens is 332 g/mol. The van der Waals surface area contributed by atoms with Gasteiger partial charge >= 0.3 is 0 Å². The average molecular weight is 349 g/mol. The summed E-state index contributed by atoms with van der Waals surface area (Å²) >= 11 is 5.96. The van der Waals surface area contributed by atoms with Gasteiger partial charge in [0, 0.05) is 25.4 Å². The van der Waals surface area contributed by atoms with Gasteiger partial charge in [0.25, 0.3) is 5.91 Å². The Labute approximate surface area is 144 Å². The minimum absolute atomic E-state index is 0.141. The molecule has 2 heterocycles. The lowest BCUT2D eigenvalue weighted by Gasteiger charge is -2.15. The normalized spacial score (nSPS) is 17.2. The highest BCUT2D eigenvalue weighted by Crippen LogP contribution is 2.25. The molecule has 0 radical (unpaired) electrons. The van der Waals surface area contributed by atoms with Crippen LogP contribution in [0.25, 0.3) is 0 Å². The Kier molecular flexibility index (Phi) is 4.44. The molecule has 1 aromatic heterocycles. The molecule has 0 aliphatic carbocycles. The lowest BCUT2D eigenvalue weighted by molar-refractivity contribution is -0.118. The molecule has 7 nitrogen and oxygen atoms in total. The first-order valence-corrected chi connectivity index (χ1v) is 7.82. The fourth-order valence-electron chi connectivity index (χ4n) is 2.66. The molecule has 24 heavy (non-hydrogen) atoms. The quantitative estimate of drug-likeness (QED) is 0.910. The minimum Gasteiger partial charge on any atom is -0.495 e. The van der Waals surface area contributed by atoms with E-state index in [1.807, 2.05) is 0 Å². The van der Waals surface area contributed by atoms with Crippen molar-refractivity contribution in [2.24, 2.45) is 7.05 Å². The molecule has 126 valence electrons. The molecule has 3 rings (SSSR count). The van der Waals surface area contributed by atoms with Gasteiger partial charge in [-0.2, -0.15) is 5.10 Å². The average Bonchev–Trinajstić information content (AvgIpc) is 3.14. The molecule has 1 unspecified atom stereocenters. The van der Waals surface area contributed by atoms with E-state index in [2.05, 4.69) is 10.4 Å². The Hall–Kier alpha value is -2.54. The number of carbonyl (C=O) groups excluding carboxylic acids is 2. The number of ether oxygens (including phenoxy) is 1. The van der Waals surface area contributed by atoms with E-state index in [1.54, 1.807) is 47.2 Å². The van der Waals surface area contributed by atoms with E-state index in [1.165, 1.54) is 7.11 Å². The standard InChI is InChI=1S/C16H17ClN4O3/c1-20-9-11(8-18-20)21-6-5-13(16(21)23)19-15(22)10-3-4-12(17)14(7-10)24-2/h3-4,7-9,13H,5-6H2,1-2H3,(H,19,22).